The third-order valence-corrected chi connectivity index (χ3v) is 10.0. The Morgan fingerprint density at radius 2 is 1.66 bits per heavy atom. The lowest BCUT2D eigenvalue weighted by Gasteiger charge is -2.31. The van der Waals surface area contributed by atoms with Crippen LogP contribution in [0.15, 0.2) is 47.1 Å². The minimum Gasteiger partial charge on any atom is -0.481 e. The molecule has 4 heterocycles. The second-order valence-electron chi connectivity index (χ2n) is 10.8. The minimum atomic E-state index is -2.53. The molecule has 2 aliphatic heterocycles. The number of aromatic nitrogens is 3. The highest BCUT2D eigenvalue weighted by atomic mass is 35.5. The van der Waals surface area contributed by atoms with Crippen molar-refractivity contribution in [3.8, 4) is 22.9 Å². The second kappa shape index (κ2) is 14.8. The topological polar surface area (TPSA) is 138 Å². The maximum absolute atomic E-state index is 12.7. The number of amides is 1. The molecule has 0 atom stereocenters. The molecule has 0 saturated carbocycles. The zero-order valence-electron chi connectivity index (χ0n) is 24.0. The number of aliphatic carboxylic acids is 1. The summed E-state index contributed by atoms with van der Waals surface area (Å²) in [7, 11) is -2.53. The standard InChI is InChI=1S/C29H32Cl2N6O5S.ClH/c1-19(38)35-43(41)8-6-37(7-9-43)29-32-16-25(17-33-29)42-27-11-21(18-36-4-2-20(3-5-36)12-28(39)40)10-26(34-27)22-13-23(30)15-24(31)14-22;/h10-11,13-17,20H,2-9,12,18H2,1H3,(H,39,40);1H. The fourth-order valence-electron chi connectivity index (χ4n) is 5.30. The summed E-state index contributed by atoms with van der Waals surface area (Å²) in [5.74, 6) is 0.793. The fourth-order valence-corrected chi connectivity index (χ4v) is 7.69. The maximum Gasteiger partial charge on any atom is 0.303 e. The van der Waals surface area contributed by atoms with Crippen LogP contribution in [-0.4, -0.2) is 78.7 Å². The first-order chi connectivity index (χ1) is 20.5. The molecular weight excluding hydrogens is 651 g/mol. The quantitative estimate of drug-likeness (QED) is 0.320. The minimum absolute atomic E-state index is 0. The van der Waals surface area contributed by atoms with Crippen molar-refractivity contribution in [2.75, 3.05) is 42.6 Å². The monoisotopic (exact) mass is 682 g/mol. The number of pyridine rings is 1. The highest BCUT2D eigenvalue weighted by molar-refractivity contribution is 7.94. The molecule has 11 nitrogen and oxygen atoms in total. The first-order valence-corrected chi connectivity index (χ1v) is 16.5. The molecule has 3 aromatic rings. The lowest BCUT2D eigenvalue weighted by molar-refractivity contribution is -0.138. The van der Waals surface area contributed by atoms with Gasteiger partial charge in [-0.3, -0.25) is 14.5 Å². The Balaban J connectivity index is 0.00000442. The molecular formula is C29H33Cl3N6O5S. The molecule has 0 unspecified atom stereocenters. The van der Waals surface area contributed by atoms with E-state index in [9.17, 15) is 13.8 Å². The Morgan fingerprint density at radius 1 is 1.02 bits per heavy atom. The molecule has 15 heteroatoms. The molecule has 1 aromatic carbocycles. The maximum atomic E-state index is 12.7. The summed E-state index contributed by atoms with van der Waals surface area (Å²) >= 11 is 12.6. The number of anilines is 1. The van der Waals surface area contributed by atoms with Gasteiger partial charge in [0.15, 0.2) is 5.75 Å². The summed E-state index contributed by atoms with van der Waals surface area (Å²) in [6, 6.07) is 9.09. The second-order valence-corrected chi connectivity index (χ2v) is 14.2. The van der Waals surface area contributed by atoms with Gasteiger partial charge in [-0.15, -0.1) is 12.4 Å². The zero-order valence-corrected chi connectivity index (χ0v) is 27.2. The Kier molecular flexibility index (Phi) is 11.4. The third kappa shape index (κ3) is 9.24. The van der Waals surface area contributed by atoms with Crippen LogP contribution in [-0.2, 0) is 25.9 Å². The molecule has 1 N–H and O–H groups in total. The van der Waals surface area contributed by atoms with E-state index in [0.29, 0.717) is 53.0 Å². The van der Waals surface area contributed by atoms with E-state index in [1.165, 1.54) is 6.92 Å². The number of benzene rings is 1. The highest BCUT2D eigenvalue weighted by Gasteiger charge is 2.24. The predicted octanol–water partition coefficient (Wildman–Crippen LogP) is 5.58. The van der Waals surface area contributed by atoms with Gasteiger partial charge in [-0.25, -0.2) is 19.2 Å². The van der Waals surface area contributed by atoms with E-state index in [0.717, 1.165) is 37.1 Å². The first kappa shape index (κ1) is 33.9. The van der Waals surface area contributed by atoms with Crippen LogP contribution in [0.1, 0.15) is 31.7 Å². The Labute approximate surface area is 272 Å². The largest absolute Gasteiger partial charge is 0.481 e. The van der Waals surface area contributed by atoms with Crippen LogP contribution in [0, 0.1) is 5.92 Å². The van der Waals surface area contributed by atoms with Crippen molar-refractivity contribution in [2.45, 2.75) is 32.7 Å². The number of hydrogen-bond acceptors (Lipinski definition) is 9. The molecule has 2 aliphatic rings. The Morgan fingerprint density at radius 3 is 2.25 bits per heavy atom. The van der Waals surface area contributed by atoms with Gasteiger partial charge in [0.25, 0.3) is 5.91 Å². The predicted molar refractivity (Wildman–Crippen MR) is 172 cm³/mol. The lowest BCUT2D eigenvalue weighted by atomic mass is 9.93. The lowest BCUT2D eigenvalue weighted by Crippen LogP contribution is -2.41. The molecule has 0 spiro atoms. The van der Waals surface area contributed by atoms with Gasteiger partial charge in [-0.1, -0.05) is 23.2 Å². The highest BCUT2D eigenvalue weighted by Crippen LogP contribution is 2.31. The van der Waals surface area contributed by atoms with E-state index >= 15 is 0 Å². The zero-order chi connectivity index (χ0) is 30.6. The number of hydrogen-bond donors (Lipinski definition) is 1. The van der Waals surface area contributed by atoms with Crippen LogP contribution in [0.3, 0.4) is 0 Å². The van der Waals surface area contributed by atoms with Crippen LogP contribution >= 0.6 is 35.6 Å². The van der Waals surface area contributed by atoms with Crippen LogP contribution in [0.25, 0.3) is 11.3 Å². The number of halogens is 3. The van der Waals surface area contributed by atoms with Crippen LogP contribution in [0.4, 0.5) is 5.95 Å². The average molecular weight is 684 g/mol. The van der Waals surface area contributed by atoms with Crippen molar-refractivity contribution in [1.82, 2.24) is 19.9 Å². The van der Waals surface area contributed by atoms with Gasteiger partial charge in [0, 0.05) is 66.2 Å². The number of likely N-dealkylation sites (tertiary alicyclic amines) is 1. The van der Waals surface area contributed by atoms with Crippen molar-refractivity contribution in [3.63, 3.8) is 0 Å². The summed E-state index contributed by atoms with van der Waals surface area (Å²) in [6.45, 7) is 4.42. The summed E-state index contributed by atoms with van der Waals surface area (Å²) in [4.78, 5) is 40.2. The SMILES string of the molecule is CC(=O)N=S1(=O)CCN(c2ncc(Oc3cc(CN4CCC(CC(=O)O)CC4)cc(-c4cc(Cl)cc(Cl)c4)n3)cn2)CC1.Cl. The van der Waals surface area contributed by atoms with E-state index in [-0.39, 0.29) is 36.3 Å². The molecule has 2 saturated heterocycles. The summed E-state index contributed by atoms with van der Waals surface area (Å²) in [6.07, 6.45) is 4.99. The van der Waals surface area contributed by atoms with Crippen molar-refractivity contribution in [2.24, 2.45) is 10.3 Å². The van der Waals surface area contributed by atoms with Crippen LogP contribution in [0.5, 0.6) is 11.6 Å². The Hall–Kier alpha value is -3.03. The van der Waals surface area contributed by atoms with Crippen molar-refractivity contribution < 1.29 is 23.6 Å². The number of nitrogens with zero attached hydrogens (tertiary/aromatic N) is 6. The third-order valence-electron chi connectivity index (χ3n) is 7.37. The van der Waals surface area contributed by atoms with Gasteiger partial charge in [0.1, 0.15) is 0 Å². The van der Waals surface area contributed by atoms with E-state index in [1.54, 1.807) is 30.6 Å². The van der Waals surface area contributed by atoms with Gasteiger partial charge >= 0.3 is 5.97 Å². The van der Waals surface area contributed by atoms with Gasteiger partial charge in [0.2, 0.25) is 11.8 Å². The number of carboxylic acid groups (broad SMARTS) is 1. The molecule has 44 heavy (non-hydrogen) atoms. The van der Waals surface area contributed by atoms with Crippen LogP contribution < -0.4 is 9.64 Å². The van der Waals surface area contributed by atoms with Gasteiger partial charge in [-0.05, 0) is 61.7 Å². The van der Waals surface area contributed by atoms with Crippen molar-refractivity contribution in [3.05, 3.63) is 58.3 Å². The summed E-state index contributed by atoms with van der Waals surface area (Å²) in [5, 5.41) is 10.1. The fraction of sp³-hybridized carbons (Fsp3) is 0.414. The number of carbonyl (C=O) groups excluding carboxylic acids is 1. The summed E-state index contributed by atoms with van der Waals surface area (Å²) in [5.41, 5.74) is 2.36. The number of carboxylic acids is 1. The number of rotatable bonds is 8. The van der Waals surface area contributed by atoms with E-state index in [2.05, 4.69) is 19.2 Å². The van der Waals surface area contributed by atoms with Gasteiger partial charge in [-0.2, -0.15) is 4.36 Å². The molecule has 0 bridgehead atoms. The number of carbonyl (C=O) groups is 2. The van der Waals surface area contributed by atoms with E-state index in [1.807, 2.05) is 17.0 Å². The van der Waals surface area contributed by atoms with Gasteiger partial charge < -0.3 is 14.7 Å². The van der Waals surface area contributed by atoms with Gasteiger partial charge in [0.05, 0.1) is 27.8 Å². The van der Waals surface area contributed by atoms with E-state index in [4.69, 9.17) is 38.0 Å². The average Bonchev–Trinajstić information content (AvgIpc) is 2.94. The molecule has 236 valence electrons. The van der Waals surface area contributed by atoms with Crippen molar-refractivity contribution >= 4 is 63.2 Å². The summed E-state index contributed by atoms with van der Waals surface area (Å²) < 4.78 is 22.6. The molecule has 1 amide bonds. The smallest absolute Gasteiger partial charge is 0.303 e. The molecule has 2 aromatic heterocycles. The molecule has 2 fully saturated rings. The van der Waals surface area contributed by atoms with Crippen molar-refractivity contribution in [1.29, 1.82) is 0 Å². The molecule has 0 aliphatic carbocycles. The number of piperidine rings is 1. The van der Waals surface area contributed by atoms with Crippen LogP contribution in [0.2, 0.25) is 10.0 Å². The first-order valence-electron chi connectivity index (χ1n) is 13.9. The normalized spacial score (nSPS) is 17.0. The van der Waals surface area contributed by atoms with E-state index < -0.39 is 21.6 Å². The molecule has 0 radical (unpaired) electrons. The number of ether oxygens (including phenoxy) is 1. The Bertz CT molecular complexity index is 1590. The molecule has 5 rings (SSSR count).